The molecule has 4 rings (SSSR count). The molecule has 2 aromatic rings. The molecule has 60 heavy (non-hydrogen) atoms. The number of carbonyl (C=O) groups excluding carboxylic acids is 3. The van der Waals surface area contributed by atoms with Crippen molar-refractivity contribution < 1.29 is 53.9 Å². The maximum Gasteiger partial charge on any atom is 0.311 e. The largest absolute Gasteiger partial charge is 0.459 e. The van der Waals surface area contributed by atoms with Crippen molar-refractivity contribution in [1.29, 1.82) is 0 Å². The molecule has 0 saturated carbocycles. The number of benzene rings is 1. The van der Waals surface area contributed by atoms with Gasteiger partial charge in [-0.05, 0) is 72.4 Å². The van der Waals surface area contributed by atoms with Gasteiger partial charge in [0.1, 0.15) is 23.2 Å². The molecule has 2 unspecified atom stereocenters. The SMILES string of the molecule is CCC1OC(=O)[C@H](C)[C@H](O)[C@H](C)[C@@H](OC2C[C@@H](N(C)Cc3ccc(-c4cn(CCCCCC(=O)NO)nn4)cc3)C[C@@H](C)O2)[C@@](C)(OC)C[C@@H](C)C(=O)[C@H](C)[C@@H](O)[C@]1(C)O. The number of aryl methyl sites for hydroxylation is 1. The Hall–Kier alpha value is -3.35. The molecule has 0 spiro atoms. The molecule has 3 heterocycles. The third-order valence-corrected chi connectivity index (χ3v) is 13.0. The fraction of sp³-hybridized carbons (Fsp3) is 0.750. The Morgan fingerprint density at radius 2 is 1.72 bits per heavy atom. The molecule has 0 radical (unpaired) electrons. The smallest absolute Gasteiger partial charge is 0.311 e. The van der Waals surface area contributed by atoms with Gasteiger partial charge in [-0.3, -0.25) is 29.2 Å². The van der Waals surface area contributed by atoms with Crippen molar-refractivity contribution in [2.75, 3.05) is 14.2 Å². The number of hydroxylamine groups is 1. The van der Waals surface area contributed by atoms with Gasteiger partial charge >= 0.3 is 5.97 Å². The molecule has 2 aliphatic rings. The van der Waals surface area contributed by atoms with Crippen LogP contribution in [0.3, 0.4) is 0 Å². The average Bonchev–Trinajstić information content (AvgIpc) is 3.71. The molecule has 13 atom stereocenters. The number of nitrogens with one attached hydrogen (secondary N) is 1. The molecule has 0 bridgehead atoms. The number of cyclic esters (lactones) is 1. The zero-order valence-corrected chi connectivity index (χ0v) is 37.2. The van der Waals surface area contributed by atoms with Crippen molar-refractivity contribution in [1.82, 2.24) is 25.4 Å². The molecule has 16 heteroatoms. The maximum atomic E-state index is 13.9. The van der Waals surface area contributed by atoms with Crippen molar-refractivity contribution in [3.05, 3.63) is 36.0 Å². The average molecular weight is 846 g/mol. The molecule has 1 amide bonds. The second kappa shape index (κ2) is 21.6. The number of carbonyl (C=O) groups is 3. The Balaban J connectivity index is 1.48. The summed E-state index contributed by atoms with van der Waals surface area (Å²) in [6, 6.07) is 8.29. The lowest BCUT2D eigenvalue weighted by atomic mass is 9.74. The van der Waals surface area contributed by atoms with Gasteiger partial charge in [-0.15, -0.1) is 5.10 Å². The number of ether oxygens (including phenoxy) is 4. The number of hydrogen-bond donors (Lipinski definition) is 5. The van der Waals surface area contributed by atoms with Gasteiger partial charge in [-0.1, -0.05) is 63.6 Å². The number of nitrogens with zero attached hydrogens (tertiary/aromatic N) is 4. The van der Waals surface area contributed by atoms with Crippen LogP contribution in [-0.4, -0.2) is 126 Å². The second-order valence-electron chi connectivity index (χ2n) is 17.8. The normalized spacial score (nSPS) is 34.9. The van der Waals surface area contributed by atoms with E-state index in [1.807, 2.05) is 32.2 Å². The predicted octanol–water partition coefficient (Wildman–Crippen LogP) is 4.44. The minimum Gasteiger partial charge on any atom is -0.459 e. The van der Waals surface area contributed by atoms with Gasteiger partial charge in [0.2, 0.25) is 5.91 Å². The number of amides is 1. The van der Waals surface area contributed by atoms with Gasteiger partial charge in [0, 0.05) is 62.4 Å². The zero-order chi connectivity index (χ0) is 44.5. The van der Waals surface area contributed by atoms with Gasteiger partial charge in [0.05, 0.1) is 42.1 Å². The van der Waals surface area contributed by atoms with Crippen molar-refractivity contribution in [3.63, 3.8) is 0 Å². The minimum absolute atomic E-state index is 0.0689. The lowest BCUT2D eigenvalue weighted by molar-refractivity contribution is -0.271. The first-order chi connectivity index (χ1) is 28.3. The van der Waals surface area contributed by atoms with Crippen LogP contribution >= 0.6 is 0 Å². The Bertz CT molecular complexity index is 1690. The van der Waals surface area contributed by atoms with Crippen LogP contribution in [0, 0.1) is 23.7 Å². The van der Waals surface area contributed by atoms with E-state index in [1.54, 1.807) is 44.8 Å². The van der Waals surface area contributed by atoms with Gasteiger partial charge in [-0.25, -0.2) is 5.48 Å². The minimum atomic E-state index is -1.92. The van der Waals surface area contributed by atoms with E-state index in [-0.39, 0.29) is 43.1 Å². The fourth-order valence-corrected chi connectivity index (χ4v) is 9.00. The Morgan fingerprint density at radius 1 is 1.03 bits per heavy atom. The highest BCUT2D eigenvalue weighted by atomic mass is 16.7. The summed E-state index contributed by atoms with van der Waals surface area (Å²) in [5.41, 5.74) is 1.40. The third kappa shape index (κ3) is 12.2. The van der Waals surface area contributed by atoms with E-state index in [1.165, 1.54) is 14.0 Å². The van der Waals surface area contributed by atoms with Gasteiger partial charge in [0.15, 0.2) is 6.29 Å². The number of hydrogen-bond acceptors (Lipinski definition) is 14. The van der Waals surface area contributed by atoms with Crippen molar-refractivity contribution in [2.45, 2.75) is 174 Å². The molecule has 1 aromatic heterocycles. The Kier molecular flexibility index (Phi) is 17.8. The van der Waals surface area contributed by atoms with Crippen LogP contribution in [0.2, 0.25) is 0 Å². The van der Waals surface area contributed by atoms with Crippen LogP contribution in [0.4, 0.5) is 0 Å². The highest BCUT2D eigenvalue weighted by Gasteiger charge is 2.51. The number of Topliss-reactive ketones (excluding diaryl/α,β-unsaturated/α-hetero) is 1. The van der Waals surface area contributed by atoms with Crippen LogP contribution in [0.5, 0.6) is 0 Å². The van der Waals surface area contributed by atoms with Gasteiger partial charge in [0.25, 0.3) is 0 Å². The van der Waals surface area contributed by atoms with Crippen LogP contribution in [-0.2, 0) is 46.4 Å². The molecule has 16 nitrogen and oxygen atoms in total. The highest BCUT2D eigenvalue weighted by molar-refractivity contribution is 5.83. The molecule has 338 valence electrons. The molecule has 0 aliphatic carbocycles. The summed E-state index contributed by atoms with van der Waals surface area (Å²) in [6.07, 6.45) is 0.547. The molecule has 1 aromatic carbocycles. The first-order valence-corrected chi connectivity index (χ1v) is 21.6. The molecular formula is C44H71N5O11. The summed E-state index contributed by atoms with van der Waals surface area (Å²) in [7, 11) is 3.60. The first-order valence-electron chi connectivity index (χ1n) is 21.6. The molecule has 2 saturated heterocycles. The highest BCUT2D eigenvalue weighted by Crippen LogP contribution is 2.39. The molecule has 5 N–H and O–H groups in total. The van der Waals surface area contributed by atoms with Crippen molar-refractivity contribution in [2.24, 2.45) is 23.7 Å². The molecule has 2 fully saturated rings. The van der Waals surface area contributed by atoms with Crippen LogP contribution in [0.25, 0.3) is 11.3 Å². The van der Waals surface area contributed by atoms with Crippen molar-refractivity contribution in [3.8, 4) is 11.3 Å². The van der Waals surface area contributed by atoms with E-state index < -0.39 is 71.5 Å². The first kappa shape index (κ1) is 49.3. The number of unbranched alkanes of at least 4 members (excludes halogenated alkanes) is 2. The van der Waals surface area contributed by atoms with E-state index >= 15 is 0 Å². The number of aromatic nitrogens is 3. The lowest BCUT2D eigenvalue weighted by Gasteiger charge is -2.47. The van der Waals surface area contributed by atoms with Crippen LogP contribution < -0.4 is 5.48 Å². The number of esters is 1. The summed E-state index contributed by atoms with van der Waals surface area (Å²) in [4.78, 5) is 40.9. The van der Waals surface area contributed by atoms with Crippen LogP contribution in [0.1, 0.15) is 112 Å². The standard InChI is InChI=1S/C44H71N5O11/c1-11-35-44(8,55)40(53)28(4)38(51)26(2)23-43(7,57-10)41(29(5)39(52)30(6)42(54)59-35)60-37-22-33(21-27(3)58-37)48(9)24-31-16-18-32(19-17-31)34-25-49(47-45-34)20-14-12-13-15-36(50)46-56/h16-19,25-30,33,35,37,39-41,52-53,55-56H,11-15,20-24H2,1-10H3,(H,46,50)/t26-,27-,28+,29+,30-,33+,35?,37?,39-,40-,41-,43+,44-/m1/s1. The lowest BCUT2D eigenvalue weighted by Crippen LogP contribution is -2.58. The van der Waals surface area contributed by atoms with E-state index in [2.05, 4.69) is 34.4 Å². The van der Waals surface area contributed by atoms with E-state index in [0.29, 0.717) is 25.9 Å². The maximum absolute atomic E-state index is 13.9. The van der Waals surface area contributed by atoms with E-state index in [9.17, 15) is 29.7 Å². The summed E-state index contributed by atoms with van der Waals surface area (Å²) in [6.45, 7) is 14.9. The van der Waals surface area contributed by atoms with E-state index in [0.717, 1.165) is 36.1 Å². The number of rotatable bonds is 14. The molecular weight excluding hydrogens is 775 g/mol. The number of aliphatic hydroxyl groups excluding tert-OH is 2. The topological polar surface area (TPSA) is 215 Å². The predicted molar refractivity (Wildman–Crippen MR) is 222 cm³/mol. The third-order valence-electron chi connectivity index (χ3n) is 13.0. The number of methoxy groups -OCH3 is 1. The summed E-state index contributed by atoms with van der Waals surface area (Å²) in [5, 5.41) is 51.8. The summed E-state index contributed by atoms with van der Waals surface area (Å²) < 4.78 is 27.0. The monoisotopic (exact) mass is 846 g/mol. The van der Waals surface area contributed by atoms with Gasteiger partial charge in [-0.2, -0.15) is 0 Å². The summed E-state index contributed by atoms with van der Waals surface area (Å²) >= 11 is 0. The number of ketones is 1. The van der Waals surface area contributed by atoms with Crippen molar-refractivity contribution >= 4 is 17.7 Å². The zero-order valence-electron chi connectivity index (χ0n) is 37.2. The number of aliphatic hydroxyl groups is 3. The molecule has 2 aliphatic heterocycles. The van der Waals surface area contributed by atoms with E-state index in [4.69, 9.17) is 24.2 Å². The Labute approximate surface area is 355 Å². The van der Waals surface area contributed by atoms with Crippen LogP contribution in [0.15, 0.2) is 30.5 Å². The van der Waals surface area contributed by atoms with Gasteiger partial charge < -0.3 is 34.3 Å². The quantitative estimate of drug-likeness (QED) is 0.0770. The summed E-state index contributed by atoms with van der Waals surface area (Å²) in [5.74, 6) is -4.76. The Morgan fingerprint density at radius 3 is 2.35 bits per heavy atom. The fourth-order valence-electron chi connectivity index (χ4n) is 9.00. The second-order valence-corrected chi connectivity index (χ2v) is 17.8.